The Morgan fingerprint density at radius 1 is 1.18 bits per heavy atom. The van der Waals surface area contributed by atoms with E-state index in [9.17, 15) is 0 Å². The van der Waals surface area contributed by atoms with Gasteiger partial charge in [-0.3, -0.25) is 0 Å². The predicted molar refractivity (Wildman–Crippen MR) is 74.7 cm³/mol. The molecule has 0 amide bonds. The molecular weight excluding hydrogens is 300 g/mol. The summed E-state index contributed by atoms with van der Waals surface area (Å²) in [6, 6.07) is 13.8. The first-order valence-corrected chi connectivity index (χ1v) is 6.46. The van der Waals surface area contributed by atoms with Crippen LogP contribution in [0.2, 0.25) is 5.02 Å². The van der Waals surface area contributed by atoms with Gasteiger partial charge < -0.3 is 4.74 Å². The lowest BCUT2D eigenvalue weighted by Gasteiger charge is -2.11. The van der Waals surface area contributed by atoms with Gasteiger partial charge in [0.05, 0.1) is 4.47 Å². The van der Waals surface area contributed by atoms with Gasteiger partial charge in [0, 0.05) is 5.02 Å². The van der Waals surface area contributed by atoms with E-state index < -0.39 is 0 Å². The van der Waals surface area contributed by atoms with E-state index in [2.05, 4.69) is 15.9 Å². The van der Waals surface area contributed by atoms with Gasteiger partial charge in [-0.15, -0.1) is 0 Å². The molecule has 2 aromatic carbocycles. The zero-order valence-corrected chi connectivity index (χ0v) is 11.8. The zero-order valence-electron chi connectivity index (χ0n) is 9.41. The van der Waals surface area contributed by atoms with Crippen LogP contribution in [0.4, 0.5) is 0 Å². The van der Waals surface area contributed by atoms with Gasteiger partial charge in [-0.25, -0.2) is 0 Å². The molecule has 0 bridgehead atoms. The van der Waals surface area contributed by atoms with Crippen LogP contribution in [-0.2, 0) is 6.61 Å². The number of ether oxygens (including phenoxy) is 1. The van der Waals surface area contributed by atoms with Crippen LogP contribution < -0.4 is 4.74 Å². The minimum atomic E-state index is 0.557. The molecule has 88 valence electrons. The number of halogens is 2. The van der Waals surface area contributed by atoms with Crippen LogP contribution in [0.1, 0.15) is 11.1 Å². The van der Waals surface area contributed by atoms with Crippen molar-refractivity contribution in [3.8, 4) is 5.75 Å². The Morgan fingerprint density at radius 2 is 1.88 bits per heavy atom. The Kier molecular flexibility index (Phi) is 4.08. The van der Waals surface area contributed by atoms with Crippen molar-refractivity contribution in [3.63, 3.8) is 0 Å². The Hall–Kier alpha value is -0.990. The average Bonchev–Trinajstić information content (AvgIpc) is 2.29. The minimum absolute atomic E-state index is 0.557. The highest BCUT2D eigenvalue weighted by molar-refractivity contribution is 9.10. The summed E-state index contributed by atoms with van der Waals surface area (Å²) >= 11 is 9.42. The largest absolute Gasteiger partial charge is 0.487 e. The molecule has 0 atom stereocenters. The number of benzene rings is 2. The highest BCUT2D eigenvalue weighted by atomic mass is 79.9. The molecule has 0 aliphatic heterocycles. The van der Waals surface area contributed by atoms with Crippen molar-refractivity contribution in [1.29, 1.82) is 0 Å². The number of hydrogen-bond donors (Lipinski definition) is 0. The van der Waals surface area contributed by atoms with Crippen molar-refractivity contribution in [2.75, 3.05) is 0 Å². The molecule has 0 aliphatic carbocycles. The molecule has 0 spiro atoms. The fraction of sp³-hybridized carbons (Fsp3) is 0.143. The van der Waals surface area contributed by atoms with E-state index in [4.69, 9.17) is 16.3 Å². The number of rotatable bonds is 3. The Bertz CT molecular complexity index is 488. The van der Waals surface area contributed by atoms with Gasteiger partial charge >= 0.3 is 0 Å². The van der Waals surface area contributed by atoms with Crippen molar-refractivity contribution >= 4 is 27.5 Å². The van der Waals surface area contributed by atoms with Crippen LogP contribution in [0, 0.1) is 6.92 Å². The van der Waals surface area contributed by atoms with Crippen LogP contribution in [0.25, 0.3) is 0 Å². The van der Waals surface area contributed by atoms with E-state index >= 15 is 0 Å². The second-order valence-corrected chi connectivity index (χ2v) is 5.10. The number of aryl methyl sites for hydroxylation is 1. The summed E-state index contributed by atoms with van der Waals surface area (Å²) in [5.41, 5.74) is 2.18. The molecule has 0 heterocycles. The molecule has 3 heteroatoms. The zero-order chi connectivity index (χ0) is 12.3. The molecular formula is C14H12BrClO. The SMILES string of the molecule is Cc1cc(Cl)cc(Br)c1OCc1ccccc1. The third-order valence-corrected chi connectivity index (χ3v) is 3.23. The Labute approximate surface area is 115 Å². The maximum Gasteiger partial charge on any atom is 0.136 e. The molecule has 2 aromatic rings. The molecule has 0 aromatic heterocycles. The lowest BCUT2D eigenvalue weighted by atomic mass is 10.2. The topological polar surface area (TPSA) is 9.23 Å². The molecule has 0 saturated carbocycles. The standard InChI is InChI=1S/C14H12BrClO/c1-10-7-12(16)8-13(15)14(10)17-9-11-5-3-2-4-6-11/h2-8H,9H2,1H3. The lowest BCUT2D eigenvalue weighted by Crippen LogP contribution is -1.97. The third kappa shape index (κ3) is 3.24. The van der Waals surface area contributed by atoms with Gasteiger partial charge in [-0.05, 0) is 46.1 Å². The van der Waals surface area contributed by atoms with Crippen LogP contribution >= 0.6 is 27.5 Å². The Balaban J connectivity index is 2.15. The predicted octanol–water partition coefficient (Wildman–Crippen LogP) is 4.99. The van der Waals surface area contributed by atoms with Gasteiger partial charge in [0.1, 0.15) is 12.4 Å². The normalized spacial score (nSPS) is 10.3. The first-order valence-electron chi connectivity index (χ1n) is 5.29. The van der Waals surface area contributed by atoms with E-state index in [0.29, 0.717) is 11.6 Å². The van der Waals surface area contributed by atoms with Gasteiger partial charge in [-0.1, -0.05) is 41.9 Å². The van der Waals surface area contributed by atoms with Crippen LogP contribution in [0.3, 0.4) is 0 Å². The molecule has 0 aliphatic rings. The molecule has 1 nitrogen and oxygen atoms in total. The summed E-state index contributed by atoms with van der Waals surface area (Å²) in [6.07, 6.45) is 0. The molecule has 0 N–H and O–H groups in total. The highest BCUT2D eigenvalue weighted by Crippen LogP contribution is 2.32. The first-order chi connectivity index (χ1) is 8.16. The van der Waals surface area contributed by atoms with Gasteiger partial charge in [0.15, 0.2) is 0 Å². The first kappa shape index (κ1) is 12.5. The van der Waals surface area contributed by atoms with E-state index in [1.807, 2.05) is 49.4 Å². The maximum atomic E-state index is 5.95. The van der Waals surface area contributed by atoms with Gasteiger partial charge in [0.25, 0.3) is 0 Å². The third-order valence-electron chi connectivity index (χ3n) is 2.42. The second-order valence-electron chi connectivity index (χ2n) is 3.81. The van der Waals surface area contributed by atoms with Gasteiger partial charge in [0.2, 0.25) is 0 Å². The van der Waals surface area contributed by atoms with E-state index in [1.165, 1.54) is 0 Å². The number of hydrogen-bond acceptors (Lipinski definition) is 1. The van der Waals surface area contributed by atoms with Crippen molar-refractivity contribution in [2.45, 2.75) is 13.5 Å². The summed E-state index contributed by atoms with van der Waals surface area (Å²) in [6.45, 7) is 2.54. The summed E-state index contributed by atoms with van der Waals surface area (Å²) in [5.74, 6) is 0.846. The second kappa shape index (κ2) is 5.56. The summed E-state index contributed by atoms with van der Waals surface area (Å²) in [5, 5.41) is 0.710. The molecule has 2 rings (SSSR count). The summed E-state index contributed by atoms with van der Waals surface area (Å²) in [7, 11) is 0. The molecule has 0 unspecified atom stereocenters. The average molecular weight is 312 g/mol. The van der Waals surface area contributed by atoms with Crippen LogP contribution in [0.15, 0.2) is 46.9 Å². The highest BCUT2D eigenvalue weighted by Gasteiger charge is 2.07. The van der Waals surface area contributed by atoms with Crippen LogP contribution in [-0.4, -0.2) is 0 Å². The maximum absolute atomic E-state index is 5.95. The van der Waals surface area contributed by atoms with E-state index in [1.54, 1.807) is 0 Å². The monoisotopic (exact) mass is 310 g/mol. The van der Waals surface area contributed by atoms with Crippen molar-refractivity contribution in [2.24, 2.45) is 0 Å². The summed E-state index contributed by atoms with van der Waals surface area (Å²) < 4.78 is 6.69. The summed E-state index contributed by atoms with van der Waals surface area (Å²) in [4.78, 5) is 0. The van der Waals surface area contributed by atoms with Gasteiger partial charge in [-0.2, -0.15) is 0 Å². The van der Waals surface area contributed by atoms with E-state index in [0.717, 1.165) is 21.3 Å². The molecule has 0 fully saturated rings. The van der Waals surface area contributed by atoms with Crippen molar-refractivity contribution in [3.05, 3.63) is 63.1 Å². The minimum Gasteiger partial charge on any atom is -0.487 e. The lowest BCUT2D eigenvalue weighted by molar-refractivity contribution is 0.302. The fourth-order valence-corrected chi connectivity index (χ4v) is 2.68. The fourth-order valence-electron chi connectivity index (χ4n) is 1.60. The smallest absolute Gasteiger partial charge is 0.136 e. The van der Waals surface area contributed by atoms with Crippen molar-refractivity contribution < 1.29 is 4.74 Å². The Morgan fingerprint density at radius 3 is 2.53 bits per heavy atom. The van der Waals surface area contributed by atoms with E-state index in [-0.39, 0.29) is 0 Å². The molecule has 0 radical (unpaired) electrons. The molecule has 17 heavy (non-hydrogen) atoms. The quantitative estimate of drug-likeness (QED) is 0.776. The van der Waals surface area contributed by atoms with Crippen LogP contribution in [0.5, 0.6) is 5.75 Å². The van der Waals surface area contributed by atoms with Crippen molar-refractivity contribution in [1.82, 2.24) is 0 Å². The molecule has 0 saturated heterocycles.